The van der Waals surface area contributed by atoms with E-state index in [0.29, 0.717) is 47.1 Å². The van der Waals surface area contributed by atoms with E-state index < -0.39 is 0 Å². The Kier molecular flexibility index (Phi) is 5.62. The molecule has 0 unspecified atom stereocenters. The lowest BCUT2D eigenvalue weighted by Gasteiger charge is -2.28. The SMILES string of the molecule is COc1ccc(-c2nc3c(c(=O)[nH]2)CCN(C(=O)c2ccc(OC)c(OC)c2)C3)cc1. The fourth-order valence-electron chi connectivity index (χ4n) is 3.65. The van der Waals surface area contributed by atoms with Crippen LogP contribution in [0.2, 0.25) is 0 Å². The van der Waals surface area contributed by atoms with Crippen molar-refractivity contribution in [2.24, 2.45) is 0 Å². The summed E-state index contributed by atoms with van der Waals surface area (Å²) >= 11 is 0. The Balaban J connectivity index is 1.62. The maximum Gasteiger partial charge on any atom is 0.254 e. The lowest BCUT2D eigenvalue weighted by molar-refractivity contribution is 0.0731. The first-order chi connectivity index (χ1) is 15.0. The van der Waals surface area contributed by atoms with Crippen molar-refractivity contribution >= 4 is 5.91 Å². The highest BCUT2D eigenvalue weighted by molar-refractivity contribution is 5.95. The smallest absolute Gasteiger partial charge is 0.254 e. The van der Waals surface area contributed by atoms with E-state index in [9.17, 15) is 9.59 Å². The van der Waals surface area contributed by atoms with Crippen molar-refractivity contribution in [1.82, 2.24) is 14.9 Å². The van der Waals surface area contributed by atoms with Gasteiger partial charge in [0.2, 0.25) is 0 Å². The quantitative estimate of drug-likeness (QED) is 0.681. The molecule has 0 spiro atoms. The summed E-state index contributed by atoms with van der Waals surface area (Å²) in [6, 6.07) is 12.3. The van der Waals surface area contributed by atoms with E-state index in [1.54, 1.807) is 37.3 Å². The number of fused-ring (bicyclic) bond motifs is 1. The number of methoxy groups -OCH3 is 3. The summed E-state index contributed by atoms with van der Waals surface area (Å²) in [6.45, 7) is 0.697. The van der Waals surface area contributed by atoms with Gasteiger partial charge in [-0.2, -0.15) is 0 Å². The van der Waals surface area contributed by atoms with Crippen molar-refractivity contribution in [2.45, 2.75) is 13.0 Å². The maximum absolute atomic E-state index is 13.1. The third-order valence-electron chi connectivity index (χ3n) is 5.35. The average molecular weight is 421 g/mol. The number of aromatic nitrogens is 2. The number of rotatable bonds is 5. The zero-order valence-electron chi connectivity index (χ0n) is 17.6. The molecule has 0 atom stereocenters. The van der Waals surface area contributed by atoms with Crippen molar-refractivity contribution in [3.8, 4) is 28.6 Å². The van der Waals surface area contributed by atoms with E-state index in [1.807, 2.05) is 24.3 Å². The van der Waals surface area contributed by atoms with Crippen molar-refractivity contribution < 1.29 is 19.0 Å². The Labute approximate surface area is 179 Å². The summed E-state index contributed by atoms with van der Waals surface area (Å²) in [5.74, 6) is 2.07. The van der Waals surface area contributed by atoms with Crippen LogP contribution in [0.5, 0.6) is 17.2 Å². The van der Waals surface area contributed by atoms with Gasteiger partial charge in [0.15, 0.2) is 11.5 Å². The molecule has 0 fully saturated rings. The standard InChI is InChI=1S/C23H23N3O5/c1-29-16-7-4-14(5-8-16)21-24-18-13-26(11-10-17(18)22(27)25-21)23(28)15-6-9-19(30-2)20(12-15)31-3/h4-9,12H,10-11,13H2,1-3H3,(H,24,25,27). The van der Waals surface area contributed by atoms with E-state index in [-0.39, 0.29) is 18.0 Å². The van der Waals surface area contributed by atoms with Crippen LogP contribution in [0.4, 0.5) is 0 Å². The van der Waals surface area contributed by atoms with Gasteiger partial charge in [-0.3, -0.25) is 9.59 Å². The van der Waals surface area contributed by atoms with Crippen LogP contribution in [-0.4, -0.2) is 48.6 Å². The topological polar surface area (TPSA) is 93.8 Å². The highest BCUT2D eigenvalue weighted by atomic mass is 16.5. The molecule has 31 heavy (non-hydrogen) atoms. The van der Waals surface area contributed by atoms with Gasteiger partial charge in [-0.25, -0.2) is 4.98 Å². The minimum Gasteiger partial charge on any atom is -0.497 e. The second kappa shape index (κ2) is 8.51. The van der Waals surface area contributed by atoms with Gasteiger partial charge in [-0.15, -0.1) is 0 Å². The van der Waals surface area contributed by atoms with E-state index in [2.05, 4.69) is 9.97 Å². The first kappa shape index (κ1) is 20.5. The third kappa shape index (κ3) is 3.96. The Hall–Kier alpha value is -3.81. The molecule has 1 aliphatic rings. The van der Waals surface area contributed by atoms with E-state index in [1.165, 1.54) is 7.11 Å². The molecular formula is C23H23N3O5. The highest BCUT2D eigenvalue weighted by Gasteiger charge is 2.26. The molecule has 1 amide bonds. The minimum absolute atomic E-state index is 0.153. The fourth-order valence-corrected chi connectivity index (χ4v) is 3.65. The second-order valence-electron chi connectivity index (χ2n) is 7.11. The Morgan fingerprint density at radius 1 is 1.00 bits per heavy atom. The van der Waals surface area contributed by atoms with Crippen LogP contribution in [0, 0.1) is 0 Å². The molecule has 0 bridgehead atoms. The van der Waals surface area contributed by atoms with Crippen LogP contribution in [-0.2, 0) is 13.0 Å². The predicted octanol–water partition coefficient (Wildman–Crippen LogP) is 2.66. The van der Waals surface area contributed by atoms with Gasteiger partial charge >= 0.3 is 0 Å². The van der Waals surface area contributed by atoms with Crippen LogP contribution in [0.25, 0.3) is 11.4 Å². The Morgan fingerprint density at radius 2 is 1.74 bits per heavy atom. The molecule has 2 aromatic carbocycles. The molecule has 0 radical (unpaired) electrons. The number of nitrogens with zero attached hydrogens (tertiary/aromatic N) is 2. The van der Waals surface area contributed by atoms with Crippen LogP contribution in [0.3, 0.4) is 0 Å². The van der Waals surface area contributed by atoms with Crippen LogP contribution in [0.1, 0.15) is 21.6 Å². The molecule has 8 nitrogen and oxygen atoms in total. The van der Waals surface area contributed by atoms with Crippen molar-refractivity contribution in [2.75, 3.05) is 27.9 Å². The number of hydrogen-bond acceptors (Lipinski definition) is 6. The average Bonchev–Trinajstić information content (AvgIpc) is 2.82. The number of nitrogens with one attached hydrogen (secondary N) is 1. The number of carbonyl (C=O) groups excluding carboxylic acids is 1. The van der Waals surface area contributed by atoms with Crippen molar-refractivity contribution in [1.29, 1.82) is 0 Å². The fraction of sp³-hybridized carbons (Fsp3) is 0.261. The van der Waals surface area contributed by atoms with Crippen molar-refractivity contribution in [3.05, 3.63) is 69.6 Å². The van der Waals surface area contributed by atoms with Crippen LogP contribution in [0.15, 0.2) is 47.3 Å². The Morgan fingerprint density at radius 3 is 2.42 bits per heavy atom. The van der Waals surface area contributed by atoms with Crippen molar-refractivity contribution in [3.63, 3.8) is 0 Å². The van der Waals surface area contributed by atoms with Crippen LogP contribution >= 0.6 is 0 Å². The highest BCUT2D eigenvalue weighted by Crippen LogP contribution is 2.29. The normalized spacial score (nSPS) is 12.8. The molecule has 2 heterocycles. The first-order valence-corrected chi connectivity index (χ1v) is 9.82. The minimum atomic E-state index is -0.172. The monoisotopic (exact) mass is 421 g/mol. The van der Waals surface area contributed by atoms with E-state index >= 15 is 0 Å². The second-order valence-corrected chi connectivity index (χ2v) is 7.11. The number of aromatic amines is 1. The number of benzene rings is 2. The summed E-state index contributed by atoms with van der Waals surface area (Å²) in [5, 5.41) is 0. The number of H-pyrrole nitrogens is 1. The summed E-state index contributed by atoms with van der Waals surface area (Å²) in [7, 11) is 4.67. The zero-order valence-corrected chi connectivity index (χ0v) is 17.6. The summed E-state index contributed by atoms with van der Waals surface area (Å²) in [5.41, 5.74) is 2.31. The third-order valence-corrected chi connectivity index (χ3v) is 5.35. The molecular weight excluding hydrogens is 398 g/mol. The first-order valence-electron chi connectivity index (χ1n) is 9.82. The maximum atomic E-state index is 13.1. The number of amides is 1. The molecule has 8 heteroatoms. The lowest BCUT2D eigenvalue weighted by atomic mass is 10.0. The lowest BCUT2D eigenvalue weighted by Crippen LogP contribution is -2.39. The van der Waals surface area contributed by atoms with Gasteiger partial charge in [0.25, 0.3) is 11.5 Å². The Bertz CT molecular complexity index is 1170. The number of hydrogen-bond donors (Lipinski definition) is 1. The largest absolute Gasteiger partial charge is 0.497 e. The van der Waals surface area contributed by atoms with Gasteiger partial charge in [0.05, 0.1) is 33.6 Å². The van der Waals surface area contributed by atoms with E-state index in [0.717, 1.165) is 11.3 Å². The molecule has 1 aliphatic heterocycles. The molecule has 0 aliphatic carbocycles. The number of carbonyl (C=O) groups is 1. The summed E-state index contributed by atoms with van der Waals surface area (Å²) in [4.78, 5) is 34.9. The summed E-state index contributed by atoms with van der Waals surface area (Å²) < 4.78 is 15.7. The van der Waals surface area contributed by atoms with Gasteiger partial charge in [-0.05, 0) is 48.9 Å². The molecule has 3 aromatic rings. The van der Waals surface area contributed by atoms with Gasteiger partial charge in [0.1, 0.15) is 11.6 Å². The van der Waals surface area contributed by atoms with Gasteiger partial charge in [-0.1, -0.05) is 0 Å². The van der Waals surface area contributed by atoms with Crippen LogP contribution < -0.4 is 19.8 Å². The van der Waals surface area contributed by atoms with E-state index in [4.69, 9.17) is 14.2 Å². The molecule has 1 N–H and O–H groups in total. The molecule has 0 saturated heterocycles. The molecule has 160 valence electrons. The van der Waals surface area contributed by atoms with Gasteiger partial charge < -0.3 is 24.1 Å². The number of ether oxygens (including phenoxy) is 3. The zero-order chi connectivity index (χ0) is 22.0. The molecule has 0 saturated carbocycles. The summed E-state index contributed by atoms with van der Waals surface area (Å²) in [6.07, 6.45) is 0.444. The van der Waals surface area contributed by atoms with Gasteiger partial charge in [0, 0.05) is 23.2 Å². The predicted molar refractivity (Wildman–Crippen MR) is 115 cm³/mol. The molecule has 4 rings (SSSR count). The molecule has 1 aromatic heterocycles.